The molecule has 0 radical (unpaired) electrons. The summed E-state index contributed by atoms with van der Waals surface area (Å²) in [7, 11) is 0. The number of rotatable bonds is 3. The Morgan fingerprint density at radius 3 is 2.87 bits per heavy atom. The summed E-state index contributed by atoms with van der Waals surface area (Å²) in [5.74, 6) is -0.0778. The average Bonchev–Trinajstić information content (AvgIpc) is 2.50. The number of halogens is 2. The summed E-state index contributed by atoms with van der Waals surface area (Å²) >= 11 is 0. The Hall–Kier alpha value is -2.08. The maximum Gasteiger partial charge on any atom is 0.254 e. The van der Waals surface area contributed by atoms with Crippen LogP contribution in [0.1, 0.15) is 42.4 Å². The van der Waals surface area contributed by atoms with Gasteiger partial charge in [0.2, 0.25) is 0 Å². The van der Waals surface area contributed by atoms with E-state index in [1.54, 1.807) is 0 Å². The van der Waals surface area contributed by atoms with E-state index in [9.17, 15) is 13.6 Å². The van der Waals surface area contributed by atoms with Gasteiger partial charge in [0.05, 0.1) is 5.69 Å². The Bertz CT molecular complexity index is 786. The fraction of sp³-hybridized carbons (Fsp3) is 0.412. The second-order valence-corrected chi connectivity index (χ2v) is 6.23. The fourth-order valence-electron chi connectivity index (χ4n) is 2.83. The first-order chi connectivity index (χ1) is 10.9. The molecule has 23 heavy (non-hydrogen) atoms. The zero-order valence-electron chi connectivity index (χ0n) is 13.2. The molecule has 4 nitrogen and oxygen atoms in total. The third-order valence-corrected chi connectivity index (χ3v) is 4.12. The number of nitrogens with zero attached hydrogens (tertiary/aromatic N) is 2. The summed E-state index contributed by atoms with van der Waals surface area (Å²) in [5.41, 5.74) is 1.67. The van der Waals surface area contributed by atoms with Crippen LogP contribution < -0.4 is 5.56 Å². The average molecular weight is 319 g/mol. The quantitative estimate of drug-likeness (QED) is 0.946. The summed E-state index contributed by atoms with van der Waals surface area (Å²) in [5, 5.41) is 0. The first-order valence-electron chi connectivity index (χ1n) is 7.72. The lowest BCUT2D eigenvalue weighted by Gasteiger charge is -2.28. The molecule has 0 amide bonds. The second kappa shape index (κ2) is 6.20. The molecule has 2 aromatic rings. The number of H-pyrrole nitrogens is 1. The molecule has 0 unspecified atom stereocenters. The van der Waals surface area contributed by atoms with Crippen molar-refractivity contribution in [1.29, 1.82) is 0 Å². The Kier molecular flexibility index (Phi) is 4.26. The van der Waals surface area contributed by atoms with Gasteiger partial charge in [-0.25, -0.2) is 13.8 Å². The van der Waals surface area contributed by atoms with Crippen LogP contribution in [-0.2, 0) is 19.5 Å². The Morgan fingerprint density at radius 1 is 1.35 bits per heavy atom. The minimum absolute atomic E-state index is 0.0877. The third kappa shape index (κ3) is 3.32. The molecule has 6 heteroatoms. The van der Waals surface area contributed by atoms with Gasteiger partial charge < -0.3 is 4.98 Å². The number of aromatic amines is 1. The molecule has 1 N–H and O–H groups in total. The molecule has 1 aliphatic heterocycles. The predicted octanol–water partition coefficient (Wildman–Crippen LogP) is 2.73. The molecule has 0 atom stereocenters. The first kappa shape index (κ1) is 15.8. The molecule has 0 spiro atoms. The van der Waals surface area contributed by atoms with Gasteiger partial charge in [-0.05, 0) is 24.6 Å². The molecule has 1 aromatic heterocycles. The van der Waals surface area contributed by atoms with E-state index in [0.29, 0.717) is 43.0 Å². The Labute approximate surface area is 133 Å². The van der Waals surface area contributed by atoms with Crippen LogP contribution in [0.15, 0.2) is 23.0 Å². The number of benzene rings is 1. The SMILES string of the molecule is CC(C)c1nc2c(c(=O)[nH]1)CCN(Cc1cc(F)ccc1F)C2. The number of fused-ring (bicyclic) bond motifs is 1. The Balaban J connectivity index is 1.85. The minimum atomic E-state index is -0.449. The van der Waals surface area contributed by atoms with E-state index < -0.39 is 11.6 Å². The van der Waals surface area contributed by atoms with Crippen LogP contribution in [0.25, 0.3) is 0 Å². The van der Waals surface area contributed by atoms with Crippen LogP contribution in [0.3, 0.4) is 0 Å². The molecule has 0 saturated carbocycles. The lowest BCUT2D eigenvalue weighted by Crippen LogP contribution is -2.35. The predicted molar refractivity (Wildman–Crippen MR) is 83.1 cm³/mol. The van der Waals surface area contributed by atoms with E-state index in [-0.39, 0.29) is 11.5 Å². The van der Waals surface area contributed by atoms with Gasteiger partial charge in [-0.3, -0.25) is 9.69 Å². The topological polar surface area (TPSA) is 49.0 Å². The monoisotopic (exact) mass is 319 g/mol. The maximum atomic E-state index is 13.8. The van der Waals surface area contributed by atoms with Gasteiger partial charge in [0.15, 0.2) is 0 Å². The summed E-state index contributed by atoms with van der Waals surface area (Å²) in [6.45, 7) is 5.32. The summed E-state index contributed by atoms with van der Waals surface area (Å²) < 4.78 is 27.1. The molecule has 122 valence electrons. The van der Waals surface area contributed by atoms with Gasteiger partial charge in [0, 0.05) is 36.7 Å². The van der Waals surface area contributed by atoms with E-state index in [1.807, 2.05) is 18.7 Å². The molecule has 0 fully saturated rings. The van der Waals surface area contributed by atoms with E-state index in [2.05, 4.69) is 9.97 Å². The molecule has 3 rings (SSSR count). The highest BCUT2D eigenvalue weighted by molar-refractivity contribution is 5.23. The van der Waals surface area contributed by atoms with Crippen LogP contribution >= 0.6 is 0 Å². The van der Waals surface area contributed by atoms with Crippen molar-refractivity contribution in [2.45, 2.75) is 39.3 Å². The summed E-state index contributed by atoms with van der Waals surface area (Å²) in [4.78, 5) is 21.5. The van der Waals surface area contributed by atoms with Gasteiger partial charge in [0.1, 0.15) is 17.5 Å². The molecule has 0 bridgehead atoms. The third-order valence-electron chi connectivity index (χ3n) is 4.12. The summed E-state index contributed by atoms with van der Waals surface area (Å²) in [6.07, 6.45) is 0.562. The standard InChI is InChI=1S/C17H19F2N3O/c1-10(2)16-20-15-9-22(6-5-13(15)17(23)21-16)8-11-7-12(18)3-4-14(11)19/h3-4,7,10H,5-6,8-9H2,1-2H3,(H,20,21,23). The zero-order valence-corrected chi connectivity index (χ0v) is 13.2. The van der Waals surface area contributed by atoms with Crippen molar-refractivity contribution in [3.8, 4) is 0 Å². The molecule has 1 aromatic carbocycles. The highest BCUT2D eigenvalue weighted by Crippen LogP contribution is 2.20. The van der Waals surface area contributed by atoms with Crippen LogP contribution in [0.2, 0.25) is 0 Å². The van der Waals surface area contributed by atoms with Crippen molar-refractivity contribution >= 4 is 0 Å². The normalized spacial score (nSPS) is 15.0. The first-order valence-corrected chi connectivity index (χ1v) is 7.72. The fourth-order valence-corrected chi connectivity index (χ4v) is 2.83. The highest BCUT2D eigenvalue weighted by Gasteiger charge is 2.22. The van der Waals surface area contributed by atoms with Crippen LogP contribution in [0.4, 0.5) is 8.78 Å². The van der Waals surface area contributed by atoms with Crippen LogP contribution in [0.5, 0.6) is 0 Å². The molecule has 2 heterocycles. The number of nitrogens with one attached hydrogen (secondary N) is 1. The van der Waals surface area contributed by atoms with Crippen molar-refractivity contribution in [3.05, 3.63) is 62.8 Å². The van der Waals surface area contributed by atoms with Crippen molar-refractivity contribution in [1.82, 2.24) is 14.9 Å². The van der Waals surface area contributed by atoms with Gasteiger partial charge in [-0.15, -0.1) is 0 Å². The summed E-state index contributed by atoms with van der Waals surface area (Å²) in [6, 6.07) is 3.47. The zero-order chi connectivity index (χ0) is 16.6. The van der Waals surface area contributed by atoms with Crippen molar-refractivity contribution < 1.29 is 8.78 Å². The number of aromatic nitrogens is 2. The number of hydrogen-bond acceptors (Lipinski definition) is 3. The largest absolute Gasteiger partial charge is 0.310 e. The lowest BCUT2D eigenvalue weighted by atomic mass is 10.0. The Morgan fingerprint density at radius 2 is 2.13 bits per heavy atom. The lowest BCUT2D eigenvalue weighted by molar-refractivity contribution is 0.236. The van der Waals surface area contributed by atoms with E-state index in [0.717, 1.165) is 17.8 Å². The van der Waals surface area contributed by atoms with Crippen molar-refractivity contribution in [2.75, 3.05) is 6.54 Å². The van der Waals surface area contributed by atoms with Gasteiger partial charge >= 0.3 is 0 Å². The van der Waals surface area contributed by atoms with E-state index in [1.165, 1.54) is 6.07 Å². The molecule has 1 aliphatic rings. The molecular formula is C17H19F2N3O. The minimum Gasteiger partial charge on any atom is -0.310 e. The van der Waals surface area contributed by atoms with Crippen LogP contribution in [0, 0.1) is 11.6 Å². The van der Waals surface area contributed by atoms with Crippen molar-refractivity contribution in [2.24, 2.45) is 0 Å². The van der Waals surface area contributed by atoms with Crippen molar-refractivity contribution in [3.63, 3.8) is 0 Å². The number of hydrogen-bond donors (Lipinski definition) is 1. The molecular weight excluding hydrogens is 300 g/mol. The maximum absolute atomic E-state index is 13.8. The van der Waals surface area contributed by atoms with E-state index in [4.69, 9.17) is 0 Å². The molecule has 0 saturated heterocycles. The van der Waals surface area contributed by atoms with Gasteiger partial charge in [-0.2, -0.15) is 0 Å². The highest BCUT2D eigenvalue weighted by atomic mass is 19.1. The van der Waals surface area contributed by atoms with Crippen LogP contribution in [-0.4, -0.2) is 21.4 Å². The second-order valence-electron chi connectivity index (χ2n) is 6.23. The molecule has 0 aliphatic carbocycles. The van der Waals surface area contributed by atoms with Gasteiger partial charge in [0.25, 0.3) is 5.56 Å². The smallest absolute Gasteiger partial charge is 0.254 e. The van der Waals surface area contributed by atoms with E-state index >= 15 is 0 Å². The van der Waals surface area contributed by atoms with Gasteiger partial charge in [-0.1, -0.05) is 13.8 Å².